The molecular formula is C29H35N5O5. The summed E-state index contributed by atoms with van der Waals surface area (Å²) in [6.45, 7) is 3.19. The lowest BCUT2D eigenvalue weighted by Crippen LogP contribution is -2.15. The van der Waals surface area contributed by atoms with E-state index in [1.54, 1.807) is 6.07 Å². The van der Waals surface area contributed by atoms with Gasteiger partial charge >= 0.3 is 5.88 Å². The Bertz CT molecular complexity index is 1270. The van der Waals surface area contributed by atoms with Gasteiger partial charge in [0.2, 0.25) is 0 Å². The van der Waals surface area contributed by atoms with Gasteiger partial charge in [-0.25, -0.2) is 4.98 Å². The third-order valence-electron chi connectivity index (χ3n) is 6.02. The number of ether oxygens (including phenoxy) is 2. The van der Waals surface area contributed by atoms with Gasteiger partial charge in [-0.15, -0.1) is 0 Å². The monoisotopic (exact) mass is 533 g/mol. The number of hydrogen-bond donors (Lipinski definition) is 1. The van der Waals surface area contributed by atoms with Crippen LogP contribution < -0.4 is 9.47 Å². The summed E-state index contributed by atoms with van der Waals surface area (Å²) in [5, 5.41) is 11.1. The van der Waals surface area contributed by atoms with Crippen molar-refractivity contribution in [2.75, 3.05) is 54.5 Å². The van der Waals surface area contributed by atoms with Crippen LogP contribution in [0.5, 0.6) is 11.5 Å². The summed E-state index contributed by atoms with van der Waals surface area (Å²) in [5.41, 5.74) is 3.23. The van der Waals surface area contributed by atoms with Gasteiger partial charge in [0, 0.05) is 24.2 Å². The first-order valence-electron chi connectivity index (χ1n) is 12.9. The summed E-state index contributed by atoms with van der Waals surface area (Å²) < 4.78 is 17.2. The quantitative estimate of drug-likeness (QED) is 0.127. The first kappa shape index (κ1) is 27.9. The number of nitro groups is 1. The molecule has 2 aromatic heterocycles. The van der Waals surface area contributed by atoms with Crippen molar-refractivity contribution >= 4 is 5.88 Å². The Labute approximate surface area is 228 Å². The van der Waals surface area contributed by atoms with E-state index >= 15 is 0 Å². The van der Waals surface area contributed by atoms with Gasteiger partial charge in [-0.1, -0.05) is 0 Å². The van der Waals surface area contributed by atoms with E-state index in [1.165, 1.54) is 6.07 Å². The highest BCUT2D eigenvalue weighted by molar-refractivity contribution is 5.81. The van der Waals surface area contributed by atoms with Crippen LogP contribution in [-0.2, 0) is 0 Å². The molecule has 0 saturated carbocycles. The van der Waals surface area contributed by atoms with Gasteiger partial charge in [0.15, 0.2) is 11.6 Å². The molecule has 0 amide bonds. The standard InChI is InChI=1S/C29H35N5O5/c1-32(2)17-5-19-37-23-11-7-21(8-12-23)27-28(31-29(30-27)25-15-16-26(39-25)34(35)36)22-9-13-24(14-10-22)38-20-6-18-33(3)4/h7-16H,5-6,17-20H2,1-4H3,(H,30,31). The fourth-order valence-corrected chi connectivity index (χ4v) is 4.03. The number of benzene rings is 2. The molecule has 4 aromatic rings. The van der Waals surface area contributed by atoms with Gasteiger partial charge in [-0.2, -0.15) is 0 Å². The average molecular weight is 534 g/mol. The lowest BCUT2D eigenvalue weighted by Gasteiger charge is -2.11. The van der Waals surface area contributed by atoms with Crippen molar-refractivity contribution in [1.82, 2.24) is 19.8 Å². The van der Waals surface area contributed by atoms with E-state index in [-0.39, 0.29) is 11.6 Å². The molecule has 0 radical (unpaired) electrons. The molecule has 39 heavy (non-hydrogen) atoms. The van der Waals surface area contributed by atoms with Crippen LogP contribution in [0.2, 0.25) is 0 Å². The molecule has 1 N–H and O–H groups in total. The number of furan rings is 1. The van der Waals surface area contributed by atoms with Gasteiger partial charge in [0.25, 0.3) is 0 Å². The minimum atomic E-state index is -0.567. The van der Waals surface area contributed by atoms with Crippen molar-refractivity contribution in [1.29, 1.82) is 0 Å². The first-order chi connectivity index (χ1) is 18.8. The third-order valence-corrected chi connectivity index (χ3v) is 6.02. The molecule has 2 aromatic carbocycles. The Balaban J connectivity index is 1.57. The number of nitrogens with zero attached hydrogens (tertiary/aromatic N) is 4. The predicted octanol–water partition coefficient (Wildman–Crippen LogP) is 5.57. The average Bonchev–Trinajstić information content (AvgIpc) is 3.58. The van der Waals surface area contributed by atoms with Crippen molar-refractivity contribution in [3.8, 4) is 45.6 Å². The van der Waals surface area contributed by atoms with E-state index < -0.39 is 4.92 Å². The SMILES string of the molecule is CN(C)CCCOc1ccc(-c2nc(-c3ccc([N+](=O)[O-])o3)[nH]c2-c2ccc(OCCCN(C)C)cc2)cc1. The van der Waals surface area contributed by atoms with E-state index in [0.29, 0.717) is 24.7 Å². The summed E-state index contributed by atoms with van der Waals surface area (Å²) in [7, 11) is 8.16. The molecule has 206 valence electrons. The smallest absolute Gasteiger partial charge is 0.433 e. The maximum Gasteiger partial charge on any atom is 0.433 e. The molecule has 0 atom stereocenters. The lowest BCUT2D eigenvalue weighted by atomic mass is 10.0. The van der Waals surface area contributed by atoms with E-state index in [1.807, 2.05) is 76.7 Å². The topological polar surface area (TPSA) is 110 Å². The van der Waals surface area contributed by atoms with Crippen molar-refractivity contribution < 1.29 is 18.8 Å². The number of H-pyrrole nitrogens is 1. The maximum atomic E-state index is 11.1. The second-order valence-corrected chi connectivity index (χ2v) is 9.76. The molecule has 0 bridgehead atoms. The number of aromatic amines is 1. The molecule has 0 saturated heterocycles. The Kier molecular flexibility index (Phi) is 9.35. The van der Waals surface area contributed by atoms with E-state index in [0.717, 1.165) is 54.3 Å². The normalized spacial score (nSPS) is 11.3. The summed E-state index contributed by atoms with van der Waals surface area (Å²) >= 11 is 0. The molecule has 0 aliphatic rings. The van der Waals surface area contributed by atoms with Crippen LogP contribution >= 0.6 is 0 Å². The third kappa shape index (κ3) is 7.68. The van der Waals surface area contributed by atoms with Gasteiger partial charge in [-0.05, 0) is 95.6 Å². The molecule has 0 aliphatic carbocycles. The molecule has 0 fully saturated rings. The van der Waals surface area contributed by atoms with Crippen LogP contribution in [-0.4, -0.2) is 79.2 Å². The largest absolute Gasteiger partial charge is 0.494 e. The van der Waals surface area contributed by atoms with Crippen molar-refractivity contribution in [3.63, 3.8) is 0 Å². The van der Waals surface area contributed by atoms with Crippen molar-refractivity contribution in [3.05, 3.63) is 70.8 Å². The van der Waals surface area contributed by atoms with Crippen molar-refractivity contribution in [2.24, 2.45) is 0 Å². The highest BCUT2D eigenvalue weighted by atomic mass is 16.6. The van der Waals surface area contributed by atoms with Crippen LogP contribution in [0, 0.1) is 10.1 Å². The zero-order valence-corrected chi connectivity index (χ0v) is 22.8. The molecule has 4 rings (SSSR count). The molecule has 0 aliphatic heterocycles. The second-order valence-electron chi connectivity index (χ2n) is 9.76. The van der Waals surface area contributed by atoms with Crippen LogP contribution in [0.3, 0.4) is 0 Å². The number of nitrogens with one attached hydrogen (secondary N) is 1. The summed E-state index contributed by atoms with van der Waals surface area (Å²) in [5.74, 6) is 1.93. The highest BCUT2D eigenvalue weighted by Crippen LogP contribution is 2.35. The van der Waals surface area contributed by atoms with E-state index in [9.17, 15) is 10.1 Å². The van der Waals surface area contributed by atoms with Gasteiger partial charge in [0.05, 0.1) is 30.7 Å². The predicted molar refractivity (Wildman–Crippen MR) is 151 cm³/mol. The Morgan fingerprint density at radius 3 is 1.85 bits per heavy atom. The minimum absolute atomic E-state index is 0.288. The molecular weight excluding hydrogens is 498 g/mol. The first-order valence-corrected chi connectivity index (χ1v) is 12.9. The van der Waals surface area contributed by atoms with E-state index in [2.05, 4.69) is 14.8 Å². The summed E-state index contributed by atoms with van der Waals surface area (Å²) in [6.07, 6.45) is 1.87. The highest BCUT2D eigenvalue weighted by Gasteiger charge is 2.20. The zero-order chi connectivity index (χ0) is 27.8. The number of rotatable bonds is 14. The zero-order valence-electron chi connectivity index (χ0n) is 22.8. The summed E-state index contributed by atoms with van der Waals surface area (Å²) in [6, 6.07) is 18.4. The number of imidazole rings is 1. The number of aromatic nitrogens is 2. The van der Waals surface area contributed by atoms with Crippen LogP contribution in [0.25, 0.3) is 34.1 Å². The van der Waals surface area contributed by atoms with Crippen molar-refractivity contribution in [2.45, 2.75) is 12.8 Å². The Morgan fingerprint density at radius 2 is 1.36 bits per heavy atom. The number of hydrogen-bond acceptors (Lipinski definition) is 8. The van der Waals surface area contributed by atoms with E-state index in [4.69, 9.17) is 18.9 Å². The fraction of sp³-hybridized carbons (Fsp3) is 0.345. The minimum Gasteiger partial charge on any atom is -0.494 e. The molecule has 10 nitrogen and oxygen atoms in total. The van der Waals surface area contributed by atoms with Gasteiger partial charge < -0.3 is 28.7 Å². The van der Waals surface area contributed by atoms with Gasteiger partial charge in [0.1, 0.15) is 16.4 Å². The molecule has 0 unspecified atom stereocenters. The maximum absolute atomic E-state index is 11.1. The summed E-state index contributed by atoms with van der Waals surface area (Å²) in [4.78, 5) is 22.9. The van der Waals surface area contributed by atoms with Crippen LogP contribution in [0.4, 0.5) is 5.88 Å². The Hall–Kier alpha value is -4.15. The lowest BCUT2D eigenvalue weighted by molar-refractivity contribution is -0.401. The Morgan fingerprint density at radius 1 is 0.821 bits per heavy atom. The second kappa shape index (κ2) is 13.1. The fourth-order valence-electron chi connectivity index (χ4n) is 4.03. The molecule has 10 heteroatoms. The molecule has 0 spiro atoms. The van der Waals surface area contributed by atoms with Crippen LogP contribution in [0.15, 0.2) is 65.1 Å². The van der Waals surface area contributed by atoms with Gasteiger partial charge in [-0.3, -0.25) is 10.1 Å². The van der Waals surface area contributed by atoms with Crippen LogP contribution in [0.1, 0.15) is 12.8 Å². The molecule has 2 heterocycles.